The number of aromatic nitrogens is 3. The molecule has 4 nitrogen and oxygen atoms in total. The molecule has 1 unspecified atom stereocenters. The molecule has 1 aromatic carbocycles. The third-order valence-corrected chi connectivity index (χ3v) is 4.39. The van der Waals surface area contributed by atoms with Crippen molar-refractivity contribution in [3.05, 3.63) is 47.3 Å². The lowest BCUT2D eigenvalue weighted by Crippen LogP contribution is -2.39. The molecule has 112 valence electrons. The van der Waals surface area contributed by atoms with E-state index in [1.54, 1.807) is 4.68 Å². The van der Waals surface area contributed by atoms with Crippen LogP contribution in [0.25, 0.3) is 0 Å². The first-order valence-electron chi connectivity index (χ1n) is 7.91. The third kappa shape index (κ3) is 3.32. The van der Waals surface area contributed by atoms with Crippen molar-refractivity contribution in [1.29, 1.82) is 0 Å². The lowest BCUT2D eigenvalue weighted by Gasteiger charge is -2.24. The molecule has 0 fully saturated rings. The average molecular weight is 284 g/mol. The lowest BCUT2D eigenvalue weighted by atomic mass is 9.93. The van der Waals surface area contributed by atoms with Crippen LogP contribution in [0, 0.1) is 5.92 Å². The van der Waals surface area contributed by atoms with Crippen molar-refractivity contribution in [2.24, 2.45) is 13.0 Å². The maximum absolute atomic E-state index is 4.26. The zero-order valence-electron chi connectivity index (χ0n) is 12.9. The molecule has 0 saturated carbocycles. The van der Waals surface area contributed by atoms with E-state index in [0.717, 1.165) is 25.1 Å². The number of aryl methyl sites for hydroxylation is 1. The van der Waals surface area contributed by atoms with Gasteiger partial charge in [-0.15, -0.1) is 5.10 Å². The van der Waals surface area contributed by atoms with Crippen molar-refractivity contribution in [2.75, 3.05) is 6.54 Å². The van der Waals surface area contributed by atoms with Gasteiger partial charge in [0.15, 0.2) is 0 Å². The molecule has 1 atom stereocenters. The van der Waals surface area contributed by atoms with Gasteiger partial charge in [0.2, 0.25) is 0 Å². The van der Waals surface area contributed by atoms with E-state index in [4.69, 9.17) is 0 Å². The molecule has 0 bridgehead atoms. The first-order chi connectivity index (χ1) is 10.3. The number of nitrogens with one attached hydrogen (secondary N) is 1. The van der Waals surface area contributed by atoms with E-state index in [1.165, 1.54) is 24.0 Å². The molecule has 4 heteroatoms. The molecule has 1 aliphatic carbocycles. The van der Waals surface area contributed by atoms with E-state index in [9.17, 15) is 0 Å². The Morgan fingerprint density at radius 3 is 2.57 bits per heavy atom. The summed E-state index contributed by atoms with van der Waals surface area (Å²) in [5.74, 6) is 0.663. The van der Waals surface area contributed by atoms with E-state index in [-0.39, 0.29) is 0 Å². The van der Waals surface area contributed by atoms with Crippen LogP contribution in [0.2, 0.25) is 0 Å². The predicted molar refractivity (Wildman–Crippen MR) is 84.1 cm³/mol. The number of hydrogen-bond acceptors (Lipinski definition) is 3. The Bertz CT molecular complexity index is 565. The summed E-state index contributed by atoms with van der Waals surface area (Å²) < 4.78 is 1.79. The van der Waals surface area contributed by atoms with Crippen LogP contribution in [0.5, 0.6) is 0 Å². The summed E-state index contributed by atoms with van der Waals surface area (Å²) >= 11 is 0. The first kappa shape index (κ1) is 14.3. The van der Waals surface area contributed by atoms with Crippen LogP contribution < -0.4 is 5.32 Å². The standard InChI is InChI=1S/C17H24N4/c1-3-8-18-17(11-16-12-21(2)20-19-16)15-9-13-6-4-5-7-14(13)10-15/h4-7,12,15,17-18H,3,8-11H2,1-2H3. The minimum Gasteiger partial charge on any atom is -0.313 e. The first-order valence-corrected chi connectivity index (χ1v) is 7.91. The van der Waals surface area contributed by atoms with Crippen molar-refractivity contribution in [2.45, 2.75) is 38.6 Å². The number of fused-ring (bicyclic) bond motifs is 1. The Labute approximate surface area is 126 Å². The zero-order chi connectivity index (χ0) is 14.7. The van der Waals surface area contributed by atoms with Gasteiger partial charge in [0.05, 0.1) is 5.69 Å². The molecule has 21 heavy (non-hydrogen) atoms. The summed E-state index contributed by atoms with van der Waals surface area (Å²) in [6, 6.07) is 9.33. The molecule has 3 rings (SSSR count). The quantitative estimate of drug-likeness (QED) is 0.884. The number of benzene rings is 1. The summed E-state index contributed by atoms with van der Waals surface area (Å²) in [6.07, 6.45) is 6.52. The van der Waals surface area contributed by atoms with Crippen molar-refractivity contribution >= 4 is 0 Å². The molecule has 1 aromatic heterocycles. The van der Waals surface area contributed by atoms with Crippen molar-refractivity contribution in [1.82, 2.24) is 20.3 Å². The highest BCUT2D eigenvalue weighted by Crippen LogP contribution is 2.29. The SMILES string of the molecule is CCCNC(Cc1cn(C)nn1)C1Cc2ccccc2C1. The van der Waals surface area contributed by atoms with Gasteiger partial charge in [0.25, 0.3) is 0 Å². The maximum atomic E-state index is 4.26. The second-order valence-electron chi connectivity index (χ2n) is 6.09. The van der Waals surface area contributed by atoms with Crippen molar-refractivity contribution in [3.8, 4) is 0 Å². The van der Waals surface area contributed by atoms with E-state index in [0.29, 0.717) is 12.0 Å². The number of hydrogen-bond donors (Lipinski definition) is 1. The zero-order valence-corrected chi connectivity index (χ0v) is 12.9. The van der Waals surface area contributed by atoms with Crippen molar-refractivity contribution in [3.63, 3.8) is 0 Å². The molecule has 1 N–H and O–H groups in total. The highest BCUT2D eigenvalue weighted by Gasteiger charge is 2.28. The summed E-state index contributed by atoms with van der Waals surface area (Å²) in [6.45, 7) is 3.29. The molecule has 0 amide bonds. The second kappa shape index (κ2) is 6.39. The number of nitrogens with zero attached hydrogens (tertiary/aromatic N) is 3. The highest BCUT2D eigenvalue weighted by molar-refractivity contribution is 5.32. The second-order valence-corrected chi connectivity index (χ2v) is 6.09. The van der Waals surface area contributed by atoms with Crippen LogP contribution >= 0.6 is 0 Å². The van der Waals surface area contributed by atoms with Gasteiger partial charge >= 0.3 is 0 Å². The van der Waals surface area contributed by atoms with Crippen LogP contribution in [0.3, 0.4) is 0 Å². The van der Waals surface area contributed by atoms with Gasteiger partial charge in [-0.05, 0) is 42.9 Å². The van der Waals surface area contributed by atoms with E-state index in [1.807, 2.05) is 13.2 Å². The summed E-state index contributed by atoms with van der Waals surface area (Å²) in [7, 11) is 1.93. The largest absolute Gasteiger partial charge is 0.313 e. The molecule has 0 radical (unpaired) electrons. The third-order valence-electron chi connectivity index (χ3n) is 4.39. The molecule has 2 aromatic rings. The lowest BCUT2D eigenvalue weighted by molar-refractivity contribution is 0.359. The van der Waals surface area contributed by atoms with Crippen molar-refractivity contribution < 1.29 is 0 Å². The fourth-order valence-electron chi connectivity index (χ4n) is 3.33. The normalized spacial score (nSPS) is 16.1. The molecular weight excluding hydrogens is 260 g/mol. The molecule has 0 saturated heterocycles. The minimum absolute atomic E-state index is 0.481. The molecule has 1 aliphatic rings. The van der Waals surface area contributed by atoms with Crippen LogP contribution in [0.4, 0.5) is 0 Å². The summed E-state index contributed by atoms with van der Waals surface area (Å²) in [5.41, 5.74) is 4.12. The molecule has 0 aliphatic heterocycles. The number of rotatable bonds is 6. The summed E-state index contributed by atoms with van der Waals surface area (Å²) in [5, 5.41) is 12.0. The van der Waals surface area contributed by atoms with Gasteiger partial charge < -0.3 is 5.32 Å². The highest BCUT2D eigenvalue weighted by atomic mass is 15.4. The molecular formula is C17H24N4. The Morgan fingerprint density at radius 1 is 1.29 bits per heavy atom. The van der Waals surface area contributed by atoms with Gasteiger partial charge in [-0.1, -0.05) is 36.4 Å². The van der Waals surface area contributed by atoms with Crippen LogP contribution in [-0.2, 0) is 26.3 Å². The Morgan fingerprint density at radius 2 is 2.00 bits per heavy atom. The summed E-state index contributed by atoms with van der Waals surface area (Å²) in [4.78, 5) is 0. The van der Waals surface area contributed by atoms with Gasteiger partial charge in [0.1, 0.15) is 0 Å². The van der Waals surface area contributed by atoms with E-state index >= 15 is 0 Å². The van der Waals surface area contributed by atoms with E-state index in [2.05, 4.69) is 46.8 Å². The minimum atomic E-state index is 0.481. The van der Waals surface area contributed by atoms with Crippen LogP contribution in [0.15, 0.2) is 30.5 Å². The maximum Gasteiger partial charge on any atom is 0.0842 e. The average Bonchev–Trinajstić information content (AvgIpc) is 3.09. The fourth-order valence-corrected chi connectivity index (χ4v) is 3.33. The fraction of sp³-hybridized carbons (Fsp3) is 0.529. The smallest absolute Gasteiger partial charge is 0.0842 e. The molecule has 0 spiro atoms. The Kier molecular flexibility index (Phi) is 4.34. The predicted octanol–water partition coefficient (Wildman–Crippen LogP) is 2.14. The Balaban J connectivity index is 1.71. The van der Waals surface area contributed by atoms with Crippen LogP contribution in [-0.4, -0.2) is 27.6 Å². The Hall–Kier alpha value is -1.68. The van der Waals surface area contributed by atoms with Gasteiger partial charge in [-0.2, -0.15) is 0 Å². The van der Waals surface area contributed by atoms with Gasteiger partial charge in [-0.25, -0.2) is 0 Å². The topological polar surface area (TPSA) is 42.7 Å². The van der Waals surface area contributed by atoms with Crippen LogP contribution in [0.1, 0.15) is 30.2 Å². The molecule has 1 heterocycles. The van der Waals surface area contributed by atoms with Gasteiger partial charge in [-0.3, -0.25) is 4.68 Å². The monoisotopic (exact) mass is 284 g/mol. The van der Waals surface area contributed by atoms with E-state index < -0.39 is 0 Å². The van der Waals surface area contributed by atoms with Gasteiger partial charge in [0, 0.05) is 25.7 Å².